The van der Waals surface area contributed by atoms with Crippen molar-refractivity contribution >= 4 is 33.4 Å². The molecule has 4 aliphatic carbocycles. The van der Waals surface area contributed by atoms with Gasteiger partial charge in [0.05, 0.1) is 0 Å². The van der Waals surface area contributed by atoms with E-state index in [0.29, 0.717) is 38.5 Å². The Morgan fingerprint density at radius 2 is 1.68 bits per heavy atom. The SMILES string of the molecule is CC(CCC(=O)OC(C(F)(F)F)C(F)(F)S(=O)(=O)O)[C@H]1CC[C@@H]2[C@@H]1C(=O)C[C@H]1[C@H]2C(=O)C[C@@H]2CC(=O)CC[C@@]21C. The molecule has 0 spiro atoms. The van der Waals surface area contributed by atoms with Crippen LogP contribution >= 0.6 is 0 Å². The second kappa shape index (κ2) is 10.4. The number of esters is 1. The molecule has 1 N–H and O–H groups in total. The molecule has 226 valence electrons. The first-order valence-electron chi connectivity index (χ1n) is 13.5. The summed E-state index contributed by atoms with van der Waals surface area (Å²) >= 11 is 0. The molecule has 0 aliphatic heterocycles. The Bertz CT molecular complexity index is 1180. The Hall–Kier alpha value is -1.96. The third-order valence-corrected chi connectivity index (χ3v) is 11.1. The van der Waals surface area contributed by atoms with Gasteiger partial charge in [0.15, 0.2) is 0 Å². The lowest BCUT2D eigenvalue weighted by molar-refractivity contribution is -0.259. The zero-order valence-electron chi connectivity index (χ0n) is 22.1. The Morgan fingerprint density at radius 1 is 1.05 bits per heavy atom. The van der Waals surface area contributed by atoms with Gasteiger partial charge >= 0.3 is 27.5 Å². The molecule has 0 heterocycles. The van der Waals surface area contributed by atoms with Crippen molar-refractivity contribution in [1.82, 2.24) is 0 Å². The molecule has 4 aliphatic rings. The highest BCUT2D eigenvalue weighted by atomic mass is 32.2. The van der Waals surface area contributed by atoms with Crippen molar-refractivity contribution < 1.29 is 58.8 Å². The minimum atomic E-state index is -6.54. The van der Waals surface area contributed by atoms with Crippen LogP contribution in [0.15, 0.2) is 0 Å². The van der Waals surface area contributed by atoms with Crippen LogP contribution in [0, 0.1) is 46.8 Å². The van der Waals surface area contributed by atoms with Gasteiger partial charge in [0.25, 0.3) is 6.10 Å². The summed E-state index contributed by atoms with van der Waals surface area (Å²) in [5, 5.41) is -5.80. The summed E-state index contributed by atoms with van der Waals surface area (Å²) < 4.78 is 101. The third kappa shape index (κ3) is 5.34. The molecule has 0 aromatic carbocycles. The molecule has 14 heteroatoms. The Kier molecular flexibility index (Phi) is 8.05. The molecule has 0 radical (unpaired) electrons. The van der Waals surface area contributed by atoms with Gasteiger partial charge in [0, 0.05) is 43.9 Å². The topological polar surface area (TPSA) is 132 Å². The van der Waals surface area contributed by atoms with Gasteiger partial charge in [-0.1, -0.05) is 13.8 Å². The number of ether oxygens (including phenoxy) is 1. The summed E-state index contributed by atoms with van der Waals surface area (Å²) in [4.78, 5) is 50.9. The molecular formula is C26H33F5O8S. The molecule has 4 fully saturated rings. The molecule has 0 bridgehead atoms. The zero-order valence-corrected chi connectivity index (χ0v) is 22.9. The maximum Gasteiger partial charge on any atom is 0.432 e. The second-order valence-corrected chi connectivity index (χ2v) is 13.8. The lowest BCUT2D eigenvalue weighted by Gasteiger charge is -2.56. The minimum Gasteiger partial charge on any atom is -0.445 e. The number of rotatable bonds is 7. The normalized spacial score (nSPS) is 36.4. The average molecular weight is 601 g/mol. The Labute approximate surface area is 228 Å². The zero-order chi connectivity index (χ0) is 30.0. The van der Waals surface area contributed by atoms with E-state index in [2.05, 4.69) is 11.7 Å². The predicted octanol–water partition coefficient (Wildman–Crippen LogP) is 4.55. The maximum absolute atomic E-state index is 13.7. The number of halogens is 5. The Balaban J connectivity index is 1.43. The van der Waals surface area contributed by atoms with Crippen molar-refractivity contribution in [2.75, 3.05) is 0 Å². The summed E-state index contributed by atoms with van der Waals surface area (Å²) in [6, 6.07) is 0. The second-order valence-electron chi connectivity index (χ2n) is 12.3. The molecule has 0 saturated heterocycles. The van der Waals surface area contributed by atoms with Gasteiger partial charge in [-0.15, -0.1) is 0 Å². The van der Waals surface area contributed by atoms with Crippen LogP contribution in [0.5, 0.6) is 0 Å². The lowest BCUT2D eigenvalue weighted by atomic mass is 9.46. The van der Waals surface area contributed by atoms with Gasteiger partial charge in [-0.25, -0.2) is 0 Å². The first-order chi connectivity index (χ1) is 18.3. The number of ketones is 3. The van der Waals surface area contributed by atoms with Crippen molar-refractivity contribution in [2.45, 2.75) is 89.2 Å². The highest BCUT2D eigenvalue weighted by Gasteiger charge is 2.66. The van der Waals surface area contributed by atoms with Gasteiger partial charge in [0.1, 0.15) is 17.3 Å². The summed E-state index contributed by atoms with van der Waals surface area (Å²) in [5.74, 6) is -3.51. The number of hydrogen-bond donors (Lipinski definition) is 1. The van der Waals surface area contributed by atoms with Gasteiger partial charge < -0.3 is 4.74 Å². The van der Waals surface area contributed by atoms with Crippen LogP contribution in [0.4, 0.5) is 22.0 Å². The molecular weight excluding hydrogens is 567 g/mol. The monoisotopic (exact) mass is 600 g/mol. The summed E-state index contributed by atoms with van der Waals surface area (Å²) in [5.41, 5.74) is -0.292. The fraction of sp³-hybridized carbons (Fsp3) is 0.846. The van der Waals surface area contributed by atoms with Crippen LogP contribution < -0.4 is 0 Å². The van der Waals surface area contributed by atoms with Gasteiger partial charge in [-0.3, -0.25) is 23.7 Å². The average Bonchev–Trinajstić information content (AvgIpc) is 3.27. The van der Waals surface area contributed by atoms with Crippen LogP contribution in [-0.2, 0) is 34.0 Å². The van der Waals surface area contributed by atoms with Crippen LogP contribution in [0.25, 0.3) is 0 Å². The predicted molar refractivity (Wildman–Crippen MR) is 127 cm³/mol. The molecule has 0 aromatic rings. The molecule has 8 nitrogen and oxygen atoms in total. The number of carbonyl (C=O) groups excluding carboxylic acids is 4. The van der Waals surface area contributed by atoms with Gasteiger partial charge in [-0.2, -0.15) is 30.4 Å². The molecule has 4 saturated carbocycles. The van der Waals surface area contributed by atoms with Gasteiger partial charge in [0.2, 0.25) is 0 Å². The van der Waals surface area contributed by atoms with E-state index < -0.39 is 51.9 Å². The largest absolute Gasteiger partial charge is 0.445 e. The van der Waals surface area contributed by atoms with E-state index >= 15 is 0 Å². The van der Waals surface area contributed by atoms with Crippen molar-refractivity contribution in [3.8, 4) is 0 Å². The molecule has 0 amide bonds. The fourth-order valence-electron chi connectivity index (χ4n) is 8.07. The van der Waals surface area contributed by atoms with Crippen molar-refractivity contribution in [3.63, 3.8) is 0 Å². The smallest absolute Gasteiger partial charge is 0.432 e. The first kappa shape index (κ1) is 31.0. The Morgan fingerprint density at radius 3 is 2.27 bits per heavy atom. The number of Topliss-reactive ketones (excluding diaryl/α,β-unsaturated/α-hetero) is 3. The van der Waals surface area contributed by atoms with Crippen molar-refractivity contribution in [2.24, 2.45) is 46.8 Å². The van der Waals surface area contributed by atoms with E-state index in [1.54, 1.807) is 6.92 Å². The van der Waals surface area contributed by atoms with Crippen LogP contribution in [0.3, 0.4) is 0 Å². The lowest BCUT2D eigenvalue weighted by Crippen LogP contribution is -2.57. The van der Waals surface area contributed by atoms with Crippen molar-refractivity contribution in [1.29, 1.82) is 0 Å². The number of alkyl halides is 5. The summed E-state index contributed by atoms with van der Waals surface area (Å²) in [6.07, 6.45) is -8.22. The van der Waals surface area contributed by atoms with E-state index in [1.165, 1.54) is 0 Å². The van der Waals surface area contributed by atoms with Crippen LogP contribution in [0.1, 0.15) is 71.6 Å². The highest BCUT2D eigenvalue weighted by Crippen LogP contribution is 2.62. The number of fused-ring (bicyclic) bond motifs is 5. The third-order valence-electron chi connectivity index (χ3n) is 10.2. The molecule has 4 rings (SSSR count). The fourth-order valence-corrected chi connectivity index (χ4v) is 8.52. The van der Waals surface area contributed by atoms with Crippen molar-refractivity contribution in [3.05, 3.63) is 0 Å². The molecule has 40 heavy (non-hydrogen) atoms. The van der Waals surface area contributed by atoms with E-state index in [-0.39, 0.29) is 65.2 Å². The van der Waals surface area contributed by atoms with E-state index in [1.807, 2.05) is 0 Å². The maximum atomic E-state index is 13.7. The summed E-state index contributed by atoms with van der Waals surface area (Å²) in [7, 11) is -6.54. The molecule has 9 atom stereocenters. The minimum absolute atomic E-state index is 0.0142. The number of hydrogen-bond acceptors (Lipinski definition) is 7. The first-order valence-corrected chi connectivity index (χ1v) is 14.9. The quantitative estimate of drug-likeness (QED) is 0.256. The highest BCUT2D eigenvalue weighted by molar-refractivity contribution is 7.86. The van der Waals surface area contributed by atoms with Gasteiger partial charge in [-0.05, 0) is 60.7 Å². The van der Waals surface area contributed by atoms with E-state index in [9.17, 15) is 49.5 Å². The molecule has 2 unspecified atom stereocenters. The standard InChI is InChI=1S/C26H33F5O8S/c1-12(3-6-20(35)39-23(25(27,28)29)26(30,31)40(36,37)38)15-4-5-16-21(15)19(34)11-17-22(16)18(33)10-13-9-14(32)7-8-24(13,17)2/h12-13,15-17,21-23H,3-11H2,1-2H3,(H,36,37,38)/t12?,13-,15+,16+,17-,21+,22-,23?,24-/m0/s1. The van der Waals surface area contributed by atoms with E-state index in [4.69, 9.17) is 4.55 Å². The van der Waals surface area contributed by atoms with E-state index in [0.717, 1.165) is 0 Å². The van der Waals surface area contributed by atoms with Crippen LogP contribution in [-0.4, -0.2) is 53.8 Å². The van der Waals surface area contributed by atoms with Crippen LogP contribution in [0.2, 0.25) is 0 Å². The molecule has 0 aromatic heterocycles. The summed E-state index contributed by atoms with van der Waals surface area (Å²) in [6.45, 7) is 3.75. The number of carbonyl (C=O) groups is 4.